The molecule has 1 aromatic heterocycles. The van der Waals surface area contributed by atoms with Gasteiger partial charge in [-0.3, -0.25) is 0 Å². The largest absolute Gasteiger partial charge is 0.444 e. The molecule has 0 spiro atoms. The van der Waals surface area contributed by atoms with Crippen molar-refractivity contribution in [3.05, 3.63) is 17.9 Å². The number of hydrogen-bond acceptors (Lipinski definition) is 5. The highest BCUT2D eigenvalue weighted by Gasteiger charge is 2.22. The fourth-order valence-electron chi connectivity index (χ4n) is 2.22. The molecule has 2 rings (SSSR count). The molecule has 0 radical (unpaired) electrons. The van der Waals surface area contributed by atoms with Gasteiger partial charge in [0.2, 0.25) is 5.09 Å². The van der Waals surface area contributed by atoms with Gasteiger partial charge in [-0.2, -0.15) is 0 Å². The van der Waals surface area contributed by atoms with E-state index in [-0.39, 0.29) is 11.7 Å². The molecule has 2 N–H and O–H groups in total. The zero-order valence-corrected chi connectivity index (χ0v) is 13.1. The van der Waals surface area contributed by atoms with Crippen LogP contribution in [0.4, 0.5) is 0 Å². The van der Waals surface area contributed by atoms with Gasteiger partial charge in [-0.15, -0.1) is 0 Å². The maximum absolute atomic E-state index is 11.8. The van der Waals surface area contributed by atoms with Crippen LogP contribution in [-0.2, 0) is 21.5 Å². The molecule has 1 aliphatic rings. The van der Waals surface area contributed by atoms with Crippen molar-refractivity contribution in [1.29, 1.82) is 0 Å². The van der Waals surface area contributed by atoms with E-state index < -0.39 is 10.0 Å². The molecule has 1 fully saturated rings. The second-order valence-electron chi connectivity index (χ2n) is 5.28. The highest BCUT2D eigenvalue weighted by Crippen LogP contribution is 2.24. The number of amidine groups is 1. The van der Waals surface area contributed by atoms with Crippen LogP contribution in [0.5, 0.6) is 0 Å². The molecule has 0 saturated heterocycles. The Balaban J connectivity index is 1.93. The third-order valence-electron chi connectivity index (χ3n) is 3.52. The van der Waals surface area contributed by atoms with Crippen molar-refractivity contribution in [3.63, 3.8) is 0 Å². The van der Waals surface area contributed by atoms with Crippen LogP contribution in [0, 0.1) is 5.92 Å². The monoisotopic (exact) mass is 315 g/mol. The summed E-state index contributed by atoms with van der Waals surface area (Å²) in [5.41, 5.74) is 5.85. The van der Waals surface area contributed by atoms with E-state index in [4.69, 9.17) is 15.0 Å². The Morgan fingerprint density at radius 1 is 1.43 bits per heavy atom. The topological polar surface area (TPSA) is 98.1 Å². The molecule has 0 atom stereocenters. The average Bonchev–Trinajstić information content (AvgIpc) is 3.10. The molecule has 0 amide bonds. The summed E-state index contributed by atoms with van der Waals surface area (Å²) in [5.74, 6) is 1.19. The third kappa shape index (κ3) is 3.76. The summed E-state index contributed by atoms with van der Waals surface area (Å²) in [4.78, 5) is 5.14. The van der Waals surface area contributed by atoms with Crippen LogP contribution in [0.1, 0.15) is 31.4 Å². The molecule has 1 aromatic rings. The highest BCUT2D eigenvalue weighted by molar-refractivity contribution is 7.88. The van der Waals surface area contributed by atoms with E-state index in [0.717, 1.165) is 17.1 Å². The molecule has 0 unspecified atom stereocenters. The van der Waals surface area contributed by atoms with E-state index in [0.29, 0.717) is 17.5 Å². The summed E-state index contributed by atoms with van der Waals surface area (Å²) in [7, 11) is -0.670. The fourth-order valence-corrected chi connectivity index (χ4v) is 3.03. The molecule has 1 heterocycles. The summed E-state index contributed by atoms with van der Waals surface area (Å²) in [5, 5.41) is 3.77. The van der Waals surface area contributed by atoms with Crippen LogP contribution < -0.4 is 5.73 Å². The van der Waals surface area contributed by atoms with Crippen LogP contribution in [0.2, 0.25) is 0 Å². The van der Waals surface area contributed by atoms with E-state index in [9.17, 15) is 8.42 Å². The quantitative estimate of drug-likeness (QED) is 0.487. The third-order valence-corrected chi connectivity index (χ3v) is 5.21. The first-order chi connectivity index (χ1) is 9.91. The van der Waals surface area contributed by atoms with Gasteiger partial charge in [-0.25, -0.2) is 12.7 Å². The van der Waals surface area contributed by atoms with Gasteiger partial charge < -0.3 is 15.0 Å². The van der Waals surface area contributed by atoms with Crippen molar-refractivity contribution in [2.75, 3.05) is 14.1 Å². The predicted octanol–water partition coefficient (Wildman–Crippen LogP) is 1.51. The maximum Gasteiger partial charge on any atom is 0.275 e. The predicted molar refractivity (Wildman–Crippen MR) is 78.0 cm³/mol. The number of rotatable bonds is 6. The van der Waals surface area contributed by atoms with Crippen molar-refractivity contribution >= 4 is 15.9 Å². The Kier molecular flexibility index (Phi) is 4.89. The average molecular weight is 315 g/mol. The first kappa shape index (κ1) is 15.8. The molecular formula is C13H21N3O4S. The Labute approximate surface area is 124 Å². The Bertz CT molecular complexity index is 601. The van der Waals surface area contributed by atoms with Crippen LogP contribution in [0.25, 0.3) is 0 Å². The molecule has 21 heavy (non-hydrogen) atoms. The van der Waals surface area contributed by atoms with E-state index in [1.54, 1.807) is 6.07 Å². The molecule has 0 aliphatic heterocycles. The minimum absolute atomic E-state index is 0.0520. The lowest BCUT2D eigenvalue weighted by atomic mass is 10.1. The first-order valence-electron chi connectivity index (χ1n) is 6.88. The molecule has 0 bridgehead atoms. The van der Waals surface area contributed by atoms with Crippen molar-refractivity contribution in [3.8, 4) is 0 Å². The summed E-state index contributed by atoms with van der Waals surface area (Å²) in [6.07, 6.45) is 4.44. The molecule has 8 heteroatoms. The van der Waals surface area contributed by atoms with Crippen LogP contribution in [0.3, 0.4) is 0 Å². The van der Waals surface area contributed by atoms with E-state index in [1.807, 2.05) is 0 Å². The van der Waals surface area contributed by atoms with Gasteiger partial charge in [0.05, 0.1) is 0 Å². The summed E-state index contributed by atoms with van der Waals surface area (Å²) >= 11 is 0. The summed E-state index contributed by atoms with van der Waals surface area (Å²) < 4.78 is 30.0. The van der Waals surface area contributed by atoms with Crippen molar-refractivity contribution in [1.82, 2.24) is 4.31 Å². The number of oxime groups is 1. The van der Waals surface area contributed by atoms with Crippen molar-refractivity contribution < 1.29 is 17.7 Å². The van der Waals surface area contributed by atoms with Crippen LogP contribution >= 0.6 is 0 Å². The standard InChI is InChI=1S/C13H21N3O4S/c1-16(2)21(17,18)12-8-7-11(20-12)9-19-15-13(14)10-5-3-4-6-10/h7-8,10H,3-6,9H2,1-2H3,(H2,14,15). The number of furan rings is 1. The lowest BCUT2D eigenvalue weighted by molar-refractivity contribution is 0.109. The van der Waals surface area contributed by atoms with Gasteiger partial charge in [0.25, 0.3) is 10.0 Å². The van der Waals surface area contributed by atoms with Gasteiger partial charge in [-0.05, 0) is 25.0 Å². The zero-order chi connectivity index (χ0) is 15.5. The van der Waals surface area contributed by atoms with Crippen LogP contribution in [-0.4, -0.2) is 32.7 Å². The minimum Gasteiger partial charge on any atom is -0.444 e. The minimum atomic E-state index is -3.56. The lowest BCUT2D eigenvalue weighted by Crippen LogP contribution is -2.21. The molecular weight excluding hydrogens is 294 g/mol. The summed E-state index contributed by atoms with van der Waals surface area (Å²) in [6, 6.07) is 2.95. The molecule has 1 aliphatic carbocycles. The summed E-state index contributed by atoms with van der Waals surface area (Å²) in [6.45, 7) is 0.0520. The highest BCUT2D eigenvalue weighted by atomic mass is 32.2. The zero-order valence-electron chi connectivity index (χ0n) is 12.3. The second kappa shape index (κ2) is 6.48. The van der Waals surface area contributed by atoms with Gasteiger partial charge in [0, 0.05) is 20.0 Å². The normalized spacial score (nSPS) is 17.6. The van der Waals surface area contributed by atoms with Crippen LogP contribution in [0.15, 0.2) is 26.8 Å². The SMILES string of the molecule is CN(C)S(=O)(=O)c1ccc(CON=C(N)C2CCCC2)o1. The van der Waals surface area contributed by atoms with E-state index in [2.05, 4.69) is 5.16 Å². The number of sulfonamides is 1. The van der Waals surface area contributed by atoms with Gasteiger partial charge in [0.1, 0.15) is 11.6 Å². The van der Waals surface area contributed by atoms with Gasteiger partial charge >= 0.3 is 0 Å². The smallest absolute Gasteiger partial charge is 0.275 e. The van der Waals surface area contributed by atoms with Crippen molar-refractivity contribution in [2.45, 2.75) is 37.4 Å². The lowest BCUT2D eigenvalue weighted by Gasteiger charge is -2.08. The Morgan fingerprint density at radius 2 is 2.10 bits per heavy atom. The van der Waals surface area contributed by atoms with E-state index in [1.165, 1.54) is 33.0 Å². The second-order valence-corrected chi connectivity index (χ2v) is 7.36. The van der Waals surface area contributed by atoms with Crippen molar-refractivity contribution in [2.24, 2.45) is 16.8 Å². The fraction of sp³-hybridized carbons (Fsp3) is 0.615. The molecule has 0 aromatic carbocycles. The molecule has 7 nitrogen and oxygen atoms in total. The van der Waals surface area contributed by atoms with Gasteiger partial charge in [-0.1, -0.05) is 18.0 Å². The van der Waals surface area contributed by atoms with Gasteiger partial charge in [0.15, 0.2) is 6.61 Å². The van der Waals surface area contributed by atoms with E-state index >= 15 is 0 Å². The molecule has 118 valence electrons. The number of hydrogen-bond donors (Lipinski definition) is 1. The molecule has 1 saturated carbocycles. The Morgan fingerprint density at radius 3 is 2.71 bits per heavy atom. The maximum atomic E-state index is 11.8. The Hall–Kier alpha value is -1.54. The number of nitrogens with two attached hydrogens (primary N) is 1. The number of nitrogens with zero attached hydrogens (tertiary/aromatic N) is 2. The first-order valence-corrected chi connectivity index (χ1v) is 8.32.